The molecule has 0 spiro atoms. The molecule has 3 aromatic rings. The van der Waals surface area contributed by atoms with E-state index in [0.717, 1.165) is 54.8 Å². The molecule has 0 saturated heterocycles. The van der Waals surface area contributed by atoms with E-state index in [9.17, 15) is 9.59 Å². The summed E-state index contributed by atoms with van der Waals surface area (Å²) in [7, 11) is 1.58. The zero-order valence-corrected chi connectivity index (χ0v) is 33.7. The van der Waals surface area contributed by atoms with Crippen LogP contribution in [0.5, 0.6) is 23.0 Å². The van der Waals surface area contributed by atoms with Crippen molar-refractivity contribution in [2.45, 2.75) is 125 Å². The smallest absolute Gasteiger partial charge is 0.344 e. The molecule has 54 heavy (non-hydrogen) atoms. The molecule has 7 rings (SSSR count). The molecular formula is C47H62O7. The molecule has 0 amide bonds. The maximum atomic E-state index is 13.3. The summed E-state index contributed by atoms with van der Waals surface area (Å²) in [4.78, 5) is 26.4. The standard InChI is InChI=1S/C47H62O7/c1-29(2)10-8-11-30(3)32-14-19-40-38-17-15-33-24-37(20-23-47(33,6)41(38)21-22-46(40,5)27-32)53-43(48)28-51-35-16-18-39-42(26-35)52-31(4)45(44(39)49)54-36-13-9-12-34(25-36)50-7/h9,12-13,15-16,18,25-26,29-30,32,37-38,40-41H,8,10-11,14,17,19-24,27-28H2,1-7H3/t30-,32+,37-,38-,40+,41-,46+,47-/m0/s1. The molecule has 7 heteroatoms. The second-order valence-corrected chi connectivity index (χ2v) is 18.2. The van der Waals surface area contributed by atoms with Crippen molar-refractivity contribution in [3.05, 3.63) is 70.1 Å². The molecule has 0 unspecified atom stereocenters. The molecule has 292 valence electrons. The Morgan fingerprint density at radius 1 is 0.944 bits per heavy atom. The summed E-state index contributed by atoms with van der Waals surface area (Å²) in [5.74, 6) is 6.50. The van der Waals surface area contributed by atoms with Gasteiger partial charge < -0.3 is 23.4 Å². The first-order valence-electron chi connectivity index (χ1n) is 20.8. The average molecular weight is 739 g/mol. The largest absolute Gasteiger partial charge is 0.497 e. The van der Waals surface area contributed by atoms with Gasteiger partial charge in [-0.2, -0.15) is 0 Å². The minimum absolute atomic E-state index is 0.113. The summed E-state index contributed by atoms with van der Waals surface area (Å²) in [5, 5.41) is 0.360. The first-order valence-corrected chi connectivity index (χ1v) is 20.8. The monoisotopic (exact) mass is 738 g/mol. The third-order valence-electron chi connectivity index (χ3n) is 14.3. The van der Waals surface area contributed by atoms with Crippen LogP contribution in [-0.4, -0.2) is 25.8 Å². The van der Waals surface area contributed by atoms with E-state index in [4.69, 9.17) is 23.4 Å². The van der Waals surface area contributed by atoms with Crippen LogP contribution in [0.4, 0.5) is 0 Å². The second-order valence-electron chi connectivity index (χ2n) is 18.2. The third-order valence-corrected chi connectivity index (χ3v) is 14.3. The Hall–Kier alpha value is -3.74. The van der Waals surface area contributed by atoms with E-state index >= 15 is 0 Å². The van der Waals surface area contributed by atoms with Crippen molar-refractivity contribution >= 4 is 16.9 Å². The Kier molecular flexibility index (Phi) is 11.3. The van der Waals surface area contributed by atoms with Crippen molar-refractivity contribution in [2.24, 2.45) is 46.3 Å². The zero-order valence-electron chi connectivity index (χ0n) is 33.7. The van der Waals surface area contributed by atoms with E-state index in [-0.39, 0.29) is 35.3 Å². The zero-order chi connectivity index (χ0) is 38.2. The fourth-order valence-corrected chi connectivity index (χ4v) is 11.2. The molecule has 2 aromatic carbocycles. The highest BCUT2D eigenvalue weighted by Crippen LogP contribution is 2.65. The predicted octanol–water partition coefficient (Wildman–Crippen LogP) is 11.6. The minimum Gasteiger partial charge on any atom is -0.497 e. The molecular weight excluding hydrogens is 677 g/mol. The van der Waals surface area contributed by atoms with Crippen LogP contribution in [0.1, 0.15) is 117 Å². The lowest BCUT2D eigenvalue weighted by molar-refractivity contribution is -0.154. The fraction of sp³-hybridized carbons (Fsp3) is 0.617. The summed E-state index contributed by atoms with van der Waals surface area (Å²) in [5.41, 5.74) is 2.27. The molecule has 3 saturated carbocycles. The van der Waals surface area contributed by atoms with Gasteiger partial charge in [0.25, 0.3) is 0 Å². The Labute approximate surface area is 322 Å². The number of carbonyl (C=O) groups is 1. The number of benzene rings is 2. The van der Waals surface area contributed by atoms with Crippen molar-refractivity contribution in [3.8, 4) is 23.0 Å². The van der Waals surface area contributed by atoms with Gasteiger partial charge in [0.1, 0.15) is 34.7 Å². The molecule has 4 aliphatic carbocycles. The summed E-state index contributed by atoms with van der Waals surface area (Å²) in [6.45, 7) is 13.9. The number of rotatable bonds is 12. The highest BCUT2D eigenvalue weighted by atomic mass is 16.6. The highest BCUT2D eigenvalue weighted by Gasteiger charge is 2.56. The maximum Gasteiger partial charge on any atom is 0.344 e. The van der Waals surface area contributed by atoms with Gasteiger partial charge in [-0.25, -0.2) is 4.79 Å². The van der Waals surface area contributed by atoms with Gasteiger partial charge >= 0.3 is 5.97 Å². The van der Waals surface area contributed by atoms with Gasteiger partial charge in [0.05, 0.1) is 12.5 Å². The van der Waals surface area contributed by atoms with E-state index in [1.807, 2.05) is 0 Å². The molecule has 1 heterocycles. The van der Waals surface area contributed by atoms with Crippen LogP contribution in [-0.2, 0) is 9.53 Å². The number of hydrogen-bond donors (Lipinski definition) is 0. The topological polar surface area (TPSA) is 84.2 Å². The van der Waals surface area contributed by atoms with Gasteiger partial charge in [-0.3, -0.25) is 4.79 Å². The molecule has 4 aliphatic rings. The van der Waals surface area contributed by atoms with Crippen LogP contribution in [0, 0.1) is 53.3 Å². The summed E-state index contributed by atoms with van der Waals surface area (Å²) < 4.78 is 29.0. The lowest BCUT2D eigenvalue weighted by Gasteiger charge is -2.61. The summed E-state index contributed by atoms with van der Waals surface area (Å²) >= 11 is 0. The van der Waals surface area contributed by atoms with E-state index in [1.165, 1.54) is 63.4 Å². The lowest BCUT2D eigenvalue weighted by atomic mass is 9.44. The molecule has 8 atom stereocenters. The van der Waals surface area contributed by atoms with E-state index in [0.29, 0.717) is 39.4 Å². The predicted molar refractivity (Wildman–Crippen MR) is 213 cm³/mol. The van der Waals surface area contributed by atoms with Gasteiger partial charge in [0.2, 0.25) is 11.2 Å². The molecule has 7 nitrogen and oxygen atoms in total. The van der Waals surface area contributed by atoms with Gasteiger partial charge in [-0.15, -0.1) is 0 Å². The van der Waals surface area contributed by atoms with Crippen LogP contribution in [0.3, 0.4) is 0 Å². The second kappa shape index (κ2) is 15.8. The van der Waals surface area contributed by atoms with Crippen LogP contribution in [0.25, 0.3) is 11.0 Å². The fourth-order valence-electron chi connectivity index (χ4n) is 11.2. The summed E-state index contributed by atoms with van der Waals surface area (Å²) in [6.07, 6.45) is 17.5. The minimum atomic E-state index is -0.374. The molecule has 0 radical (unpaired) electrons. The quantitative estimate of drug-likeness (QED) is 0.135. The van der Waals surface area contributed by atoms with Gasteiger partial charge in [0.15, 0.2) is 6.61 Å². The number of aryl methyl sites for hydroxylation is 1. The molecule has 1 aromatic heterocycles. The van der Waals surface area contributed by atoms with Crippen molar-refractivity contribution in [1.82, 2.24) is 0 Å². The van der Waals surface area contributed by atoms with E-state index < -0.39 is 0 Å². The first-order chi connectivity index (χ1) is 25.9. The number of fused-ring (bicyclic) bond motifs is 6. The van der Waals surface area contributed by atoms with Gasteiger partial charge in [-0.1, -0.05) is 71.6 Å². The molecule has 0 N–H and O–H groups in total. The average Bonchev–Trinajstić information content (AvgIpc) is 3.15. The number of allylic oxidation sites excluding steroid dienone is 1. The molecule has 0 aliphatic heterocycles. The van der Waals surface area contributed by atoms with Crippen LogP contribution < -0.4 is 19.6 Å². The number of ether oxygens (including phenoxy) is 4. The first kappa shape index (κ1) is 38.5. The van der Waals surface area contributed by atoms with Crippen LogP contribution >= 0.6 is 0 Å². The van der Waals surface area contributed by atoms with Crippen LogP contribution in [0.15, 0.2) is 63.3 Å². The third kappa shape index (κ3) is 7.84. The highest BCUT2D eigenvalue weighted by molar-refractivity contribution is 5.80. The van der Waals surface area contributed by atoms with E-state index in [2.05, 4.69) is 40.7 Å². The van der Waals surface area contributed by atoms with Crippen LogP contribution in [0.2, 0.25) is 0 Å². The maximum absolute atomic E-state index is 13.3. The molecule has 0 bridgehead atoms. The van der Waals surface area contributed by atoms with Gasteiger partial charge in [0, 0.05) is 18.6 Å². The lowest BCUT2D eigenvalue weighted by Crippen LogP contribution is -2.52. The number of carbonyl (C=O) groups excluding carboxylic acids is 1. The van der Waals surface area contributed by atoms with Crippen molar-refractivity contribution in [2.75, 3.05) is 13.7 Å². The SMILES string of the molecule is COc1cccc(Oc2c(C)oc3cc(OCC(=O)O[C@H]4CC[C@@]5(C)C(=CC[C@H]6[C@H]7CC[C@@H]([C@@H](C)CCCC(C)C)C[C@@]7(C)CC[C@@H]65)C4)ccc3c2=O)c1. The Balaban J connectivity index is 0.933. The normalized spacial score (nSPS) is 29.7. The van der Waals surface area contributed by atoms with E-state index in [1.54, 1.807) is 56.5 Å². The molecule has 3 fully saturated rings. The summed E-state index contributed by atoms with van der Waals surface area (Å²) in [6, 6.07) is 12.0. The number of methoxy groups -OCH3 is 1. The Morgan fingerprint density at radius 2 is 1.76 bits per heavy atom. The van der Waals surface area contributed by atoms with Gasteiger partial charge in [-0.05, 0) is 129 Å². The van der Waals surface area contributed by atoms with Crippen molar-refractivity contribution < 1.29 is 28.2 Å². The Morgan fingerprint density at radius 3 is 2.56 bits per heavy atom. The number of esters is 1. The Bertz CT molecular complexity index is 1910. The van der Waals surface area contributed by atoms with Crippen molar-refractivity contribution in [3.63, 3.8) is 0 Å². The number of hydrogen-bond acceptors (Lipinski definition) is 7. The van der Waals surface area contributed by atoms with Crippen molar-refractivity contribution in [1.29, 1.82) is 0 Å².